The van der Waals surface area contributed by atoms with E-state index in [1.807, 2.05) is 13.0 Å². The maximum Gasteiger partial charge on any atom is 0.0750 e. The summed E-state index contributed by atoms with van der Waals surface area (Å²) in [5, 5.41) is 0.808. The summed E-state index contributed by atoms with van der Waals surface area (Å²) in [6.07, 6.45) is 3.52. The summed E-state index contributed by atoms with van der Waals surface area (Å²) < 4.78 is 5.72. The molecule has 2 N–H and O–H groups in total. The number of anilines is 1. The largest absolute Gasteiger partial charge is 0.376 e. The van der Waals surface area contributed by atoms with Crippen molar-refractivity contribution in [2.24, 2.45) is 5.73 Å². The van der Waals surface area contributed by atoms with Crippen LogP contribution in [0.3, 0.4) is 0 Å². The third-order valence-electron chi connectivity index (χ3n) is 3.74. The lowest BCUT2D eigenvalue weighted by Gasteiger charge is -2.27. The lowest BCUT2D eigenvalue weighted by molar-refractivity contribution is 0.115. The summed E-state index contributed by atoms with van der Waals surface area (Å²) in [7, 11) is 0. The van der Waals surface area contributed by atoms with Crippen molar-refractivity contribution < 1.29 is 4.74 Å². The van der Waals surface area contributed by atoms with Crippen LogP contribution in [0.2, 0.25) is 5.02 Å². The van der Waals surface area contributed by atoms with Gasteiger partial charge in [0.25, 0.3) is 0 Å². The fourth-order valence-electron chi connectivity index (χ4n) is 2.74. The van der Waals surface area contributed by atoms with Gasteiger partial charge in [0.1, 0.15) is 0 Å². The van der Waals surface area contributed by atoms with Gasteiger partial charge in [-0.1, -0.05) is 17.7 Å². The number of halogens is 1. The lowest BCUT2D eigenvalue weighted by atomic mass is 10.1. The molecule has 0 radical (unpaired) electrons. The SMILES string of the molecule is CCN(CC1CCCO1)c1ccc(CC(C)N)cc1Cl. The smallest absolute Gasteiger partial charge is 0.0750 e. The Balaban J connectivity index is 2.08. The fraction of sp³-hybridized carbons (Fsp3) is 0.625. The van der Waals surface area contributed by atoms with Gasteiger partial charge in [0.2, 0.25) is 0 Å². The van der Waals surface area contributed by atoms with Crippen LogP contribution in [0.15, 0.2) is 18.2 Å². The van der Waals surface area contributed by atoms with E-state index in [1.54, 1.807) is 0 Å². The lowest BCUT2D eigenvalue weighted by Crippen LogP contribution is -2.32. The summed E-state index contributed by atoms with van der Waals surface area (Å²) >= 11 is 6.45. The van der Waals surface area contributed by atoms with Crippen molar-refractivity contribution in [3.05, 3.63) is 28.8 Å². The number of hydrogen-bond donors (Lipinski definition) is 1. The summed E-state index contributed by atoms with van der Waals surface area (Å²) in [4.78, 5) is 2.30. The van der Waals surface area contributed by atoms with Gasteiger partial charge in [-0.25, -0.2) is 0 Å². The quantitative estimate of drug-likeness (QED) is 0.876. The number of benzene rings is 1. The van der Waals surface area contributed by atoms with Gasteiger partial charge in [0.05, 0.1) is 16.8 Å². The van der Waals surface area contributed by atoms with E-state index in [-0.39, 0.29) is 6.04 Å². The highest BCUT2D eigenvalue weighted by Crippen LogP contribution is 2.28. The van der Waals surface area contributed by atoms with Crippen molar-refractivity contribution >= 4 is 17.3 Å². The molecule has 112 valence electrons. The molecule has 2 unspecified atom stereocenters. The van der Waals surface area contributed by atoms with Crippen molar-refractivity contribution in [2.45, 2.75) is 45.3 Å². The van der Waals surface area contributed by atoms with Gasteiger partial charge in [-0.2, -0.15) is 0 Å². The maximum absolute atomic E-state index is 6.45. The van der Waals surface area contributed by atoms with Gasteiger partial charge in [0, 0.05) is 25.7 Å². The molecule has 1 heterocycles. The number of nitrogens with two attached hydrogens (primary N) is 1. The maximum atomic E-state index is 6.45. The molecule has 1 aliphatic heterocycles. The van der Waals surface area contributed by atoms with Crippen LogP contribution in [0.4, 0.5) is 5.69 Å². The number of hydrogen-bond acceptors (Lipinski definition) is 3. The van der Waals surface area contributed by atoms with Crippen LogP contribution in [0, 0.1) is 0 Å². The van der Waals surface area contributed by atoms with Crippen LogP contribution < -0.4 is 10.6 Å². The van der Waals surface area contributed by atoms with E-state index < -0.39 is 0 Å². The molecule has 1 saturated heterocycles. The van der Waals surface area contributed by atoms with Crippen LogP contribution in [-0.4, -0.2) is 31.8 Å². The van der Waals surface area contributed by atoms with Gasteiger partial charge in [-0.05, 0) is 50.8 Å². The van der Waals surface area contributed by atoms with Crippen molar-refractivity contribution in [2.75, 3.05) is 24.6 Å². The third-order valence-corrected chi connectivity index (χ3v) is 4.04. The average Bonchev–Trinajstić information content (AvgIpc) is 2.89. The molecule has 2 rings (SSSR count). The van der Waals surface area contributed by atoms with Gasteiger partial charge in [-0.3, -0.25) is 0 Å². The molecule has 1 aromatic rings. The Labute approximate surface area is 127 Å². The number of nitrogens with zero attached hydrogens (tertiary/aromatic N) is 1. The summed E-state index contributed by atoms with van der Waals surface area (Å²) in [6, 6.07) is 6.44. The van der Waals surface area contributed by atoms with Crippen molar-refractivity contribution in [1.82, 2.24) is 0 Å². The van der Waals surface area contributed by atoms with E-state index in [9.17, 15) is 0 Å². The number of likely N-dealkylation sites (N-methyl/N-ethyl adjacent to an activating group) is 1. The zero-order chi connectivity index (χ0) is 14.5. The standard InChI is InChI=1S/C16H25ClN2O/c1-3-19(11-14-5-4-8-20-14)16-7-6-13(9-12(2)18)10-15(16)17/h6-7,10,12,14H,3-5,8-9,11,18H2,1-2H3. The molecule has 1 aromatic carbocycles. The molecule has 1 fully saturated rings. The molecule has 1 aliphatic rings. The Kier molecular flexibility index (Phi) is 5.70. The Hall–Kier alpha value is -0.770. The topological polar surface area (TPSA) is 38.5 Å². The van der Waals surface area contributed by atoms with Gasteiger partial charge >= 0.3 is 0 Å². The predicted octanol–water partition coefficient (Wildman–Crippen LogP) is 3.24. The van der Waals surface area contributed by atoms with E-state index in [1.165, 1.54) is 12.0 Å². The summed E-state index contributed by atoms with van der Waals surface area (Å²) in [5.74, 6) is 0. The highest BCUT2D eigenvalue weighted by atomic mass is 35.5. The van der Waals surface area contributed by atoms with E-state index in [0.717, 1.165) is 43.2 Å². The summed E-state index contributed by atoms with van der Waals surface area (Å²) in [6.45, 7) is 6.91. The minimum Gasteiger partial charge on any atom is -0.376 e. The van der Waals surface area contributed by atoms with Crippen LogP contribution in [0.1, 0.15) is 32.3 Å². The minimum absolute atomic E-state index is 0.158. The van der Waals surface area contributed by atoms with Crippen LogP contribution in [0.25, 0.3) is 0 Å². The number of rotatable bonds is 6. The van der Waals surface area contributed by atoms with Crippen molar-refractivity contribution in [3.8, 4) is 0 Å². The van der Waals surface area contributed by atoms with Crippen LogP contribution in [-0.2, 0) is 11.2 Å². The molecule has 2 atom stereocenters. The zero-order valence-corrected chi connectivity index (χ0v) is 13.2. The molecule has 0 amide bonds. The van der Waals surface area contributed by atoms with Gasteiger partial charge < -0.3 is 15.4 Å². The second kappa shape index (κ2) is 7.30. The first kappa shape index (κ1) is 15.6. The Morgan fingerprint density at radius 3 is 2.85 bits per heavy atom. The van der Waals surface area contributed by atoms with Crippen LogP contribution >= 0.6 is 11.6 Å². The number of ether oxygens (including phenoxy) is 1. The highest BCUT2D eigenvalue weighted by molar-refractivity contribution is 6.33. The third kappa shape index (κ3) is 4.11. The van der Waals surface area contributed by atoms with E-state index >= 15 is 0 Å². The normalized spacial score (nSPS) is 20.1. The molecular formula is C16H25ClN2O. The van der Waals surface area contributed by atoms with Crippen LogP contribution in [0.5, 0.6) is 0 Å². The molecule has 0 spiro atoms. The van der Waals surface area contributed by atoms with E-state index in [4.69, 9.17) is 22.1 Å². The predicted molar refractivity (Wildman–Crippen MR) is 85.7 cm³/mol. The average molecular weight is 297 g/mol. The molecule has 0 aliphatic carbocycles. The monoisotopic (exact) mass is 296 g/mol. The molecule has 0 aromatic heterocycles. The fourth-order valence-corrected chi connectivity index (χ4v) is 3.06. The second-order valence-electron chi connectivity index (χ2n) is 5.64. The molecular weight excluding hydrogens is 272 g/mol. The molecule has 4 heteroatoms. The van der Waals surface area contributed by atoms with Gasteiger partial charge in [0.15, 0.2) is 0 Å². The summed E-state index contributed by atoms with van der Waals surface area (Å²) in [5.41, 5.74) is 8.13. The Bertz CT molecular complexity index is 430. The minimum atomic E-state index is 0.158. The highest BCUT2D eigenvalue weighted by Gasteiger charge is 2.20. The second-order valence-corrected chi connectivity index (χ2v) is 6.05. The Morgan fingerprint density at radius 2 is 2.30 bits per heavy atom. The van der Waals surface area contributed by atoms with E-state index in [0.29, 0.717) is 6.10 Å². The Morgan fingerprint density at radius 1 is 1.50 bits per heavy atom. The zero-order valence-electron chi connectivity index (χ0n) is 12.4. The molecule has 0 bridgehead atoms. The van der Waals surface area contributed by atoms with Gasteiger partial charge in [-0.15, -0.1) is 0 Å². The molecule has 0 saturated carbocycles. The molecule has 3 nitrogen and oxygen atoms in total. The van der Waals surface area contributed by atoms with Crippen molar-refractivity contribution in [1.29, 1.82) is 0 Å². The first-order chi connectivity index (χ1) is 9.60. The first-order valence-corrected chi connectivity index (χ1v) is 7.88. The first-order valence-electron chi connectivity index (χ1n) is 7.50. The molecule has 20 heavy (non-hydrogen) atoms. The van der Waals surface area contributed by atoms with Crippen molar-refractivity contribution in [3.63, 3.8) is 0 Å². The van der Waals surface area contributed by atoms with E-state index in [2.05, 4.69) is 24.0 Å².